The molecule has 2 aromatic heterocycles. The molecule has 0 N–H and O–H groups in total. The quantitative estimate of drug-likeness (QED) is 0.418. The van der Waals surface area contributed by atoms with Crippen molar-refractivity contribution in [3.05, 3.63) is 106 Å². The Bertz CT molecular complexity index is 944. The number of rotatable bonds is 7. The van der Waals surface area contributed by atoms with Crippen molar-refractivity contribution in [1.82, 2.24) is 15.0 Å². The van der Waals surface area contributed by atoms with E-state index in [0.29, 0.717) is 24.3 Å². The van der Waals surface area contributed by atoms with Crippen molar-refractivity contribution in [3.8, 4) is 0 Å². The highest BCUT2D eigenvalue weighted by Gasteiger charge is 2.23. The molecule has 0 radical (unpaired) electrons. The Morgan fingerprint density at radius 2 is 1.57 bits per heavy atom. The summed E-state index contributed by atoms with van der Waals surface area (Å²) in [6.45, 7) is 2.81. The van der Waals surface area contributed by atoms with Gasteiger partial charge in [0.15, 0.2) is 5.82 Å². The van der Waals surface area contributed by atoms with Crippen LogP contribution in [0.25, 0.3) is 0 Å². The fourth-order valence-corrected chi connectivity index (χ4v) is 4.18. The minimum atomic E-state index is -0.0417. The summed E-state index contributed by atoms with van der Waals surface area (Å²) in [5.74, 6) is 1.29. The van der Waals surface area contributed by atoms with Crippen LogP contribution >= 0.6 is 11.3 Å². The third-order valence-electron chi connectivity index (χ3n) is 5.01. The van der Waals surface area contributed by atoms with Crippen LogP contribution in [-0.4, -0.2) is 22.1 Å². The Morgan fingerprint density at radius 1 is 0.929 bits per heavy atom. The number of hydrogen-bond donors (Lipinski definition) is 0. The van der Waals surface area contributed by atoms with Crippen LogP contribution in [0.1, 0.15) is 46.6 Å². The molecule has 0 aliphatic rings. The minimum absolute atomic E-state index is 0.0417. The van der Waals surface area contributed by atoms with E-state index in [4.69, 9.17) is 9.51 Å². The lowest BCUT2D eigenvalue weighted by Gasteiger charge is -2.21. The van der Waals surface area contributed by atoms with Crippen LogP contribution in [0.5, 0.6) is 0 Å². The van der Waals surface area contributed by atoms with Gasteiger partial charge in [0.1, 0.15) is 0 Å². The van der Waals surface area contributed by atoms with Gasteiger partial charge in [-0.25, -0.2) is 0 Å². The van der Waals surface area contributed by atoms with Crippen molar-refractivity contribution in [1.29, 1.82) is 0 Å². The van der Waals surface area contributed by atoms with E-state index < -0.39 is 0 Å². The number of thiophene rings is 1. The Labute approximate surface area is 169 Å². The molecule has 4 aromatic rings. The van der Waals surface area contributed by atoms with Crippen LogP contribution in [0.15, 0.2) is 82.7 Å². The molecule has 2 aromatic carbocycles. The molecule has 0 amide bonds. The first-order valence-electron chi connectivity index (χ1n) is 9.38. The first-order valence-corrected chi connectivity index (χ1v) is 10.3. The standard InChI is InChI=1S/C23H23N3OS/c1-17(20-14-9-15-28-20)26(2)16-21-24-23(25-27-21)22(18-10-5-3-6-11-18)19-12-7-4-8-13-19/h3-15,17,22H,16H2,1-2H3/t17-/m0/s1. The Hall–Kier alpha value is -2.76. The fourth-order valence-electron chi connectivity index (χ4n) is 3.33. The van der Waals surface area contributed by atoms with Gasteiger partial charge in [-0.3, -0.25) is 4.90 Å². The monoisotopic (exact) mass is 389 g/mol. The predicted molar refractivity (Wildman–Crippen MR) is 112 cm³/mol. The van der Waals surface area contributed by atoms with E-state index in [1.807, 2.05) is 36.4 Å². The van der Waals surface area contributed by atoms with Gasteiger partial charge in [0.05, 0.1) is 12.5 Å². The third kappa shape index (κ3) is 4.06. The molecule has 0 unspecified atom stereocenters. The fraction of sp³-hybridized carbons (Fsp3) is 0.217. The molecule has 4 rings (SSSR count). The van der Waals surface area contributed by atoms with Gasteiger partial charge < -0.3 is 4.52 Å². The van der Waals surface area contributed by atoms with Crippen molar-refractivity contribution in [3.63, 3.8) is 0 Å². The van der Waals surface area contributed by atoms with Crippen LogP contribution in [0, 0.1) is 0 Å². The van der Waals surface area contributed by atoms with E-state index in [1.54, 1.807) is 11.3 Å². The summed E-state index contributed by atoms with van der Waals surface area (Å²) in [5, 5.41) is 6.44. The summed E-state index contributed by atoms with van der Waals surface area (Å²) in [6, 6.07) is 25.2. The van der Waals surface area contributed by atoms with E-state index in [-0.39, 0.29) is 5.92 Å². The molecule has 0 aliphatic heterocycles. The third-order valence-corrected chi connectivity index (χ3v) is 6.05. The molecule has 0 aliphatic carbocycles. The maximum Gasteiger partial charge on any atom is 0.240 e. The summed E-state index contributed by atoms with van der Waals surface area (Å²) in [4.78, 5) is 8.30. The van der Waals surface area contributed by atoms with Crippen LogP contribution in [0.4, 0.5) is 0 Å². The van der Waals surface area contributed by atoms with E-state index >= 15 is 0 Å². The SMILES string of the molecule is C[C@@H](c1cccs1)N(C)Cc1nc(C(c2ccccc2)c2ccccc2)no1. The molecule has 5 heteroatoms. The van der Waals surface area contributed by atoms with Gasteiger partial charge in [-0.15, -0.1) is 11.3 Å². The second-order valence-corrected chi connectivity index (χ2v) is 7.89. The van der Waals surface area contributed by atoms with Gasteiger partial charge >= 0.3 is 0 Å². The molecular weight excluding hydrogens is 366 g/mol. The van der Waals surface area contributed by atoms with E-state index in [1.165, 1.54) is 4.88 Å². The average Bonchev–Trinajstić information content (AvgIpc) is 3.42. The van der Waals surface area contributed by atoms with Crippen LogP contribution < -0.4 is 0 Å². The van der Waals surface area contributed by atoms with Crippen LogP contribution in [0.2, 0.25) is 0 Å². The molecule has 28 heavy (non-hydrogen) atoms. The van der Waals surface area contributed by atoms with Gasteiger partial charge in [-0.05, 0) is 36.5 Å². The number of aromatic nitrogens is 2. The minimum Gasteiger partial charge on any atom is -0.338 e. The van der Waals surface area contributed by atoms with Gasteiger partial charge in [-0.2, -0.15) is 4.98 Å². The number of hydrogen-bond acceptors (Lipinski definition) is 5. The van der Waals surface area contributed by atoms with Gasteiger partial charge in [0.2, 0.25) is 5.89 Å². The molecule has 0 spiro atoms. The van der Waals surface area contributed by atoms with Crippen molar-refractivity contribution in [2.45, 2.75) is 25.4 Å². The second kappa shape index (κ2) is 8.50. The van der Waals surface area contributed by atoms with Gasteiger partial charge in [0.25, 0.3) is 0 Å². The molecule has 0 bridgehead atoms. The number of nitrogens with zero attached hydrogens (tertiary/aromatic N) is 3. The summed E-state index contributed by atoms with van der Waals surface area (Å²) < 4.78 is 5.63. The highest BCUT2D eigenvalue weighted by molar-refractivity contribution is 7.10. The summed E-state index contributed by atoms with van der Waals surface area (Å²) in [6.07, 6.45) is 0. The van der Waals surface area contributed by atoms with Gasteiger partial charge in [0, 0.05) is 10.9 Å². The van der Waals surface area contributed by atoms with Crippen molar-refractivity contribution in [2.75, 3.05) is 7.05 Å². The van der Waals surface area contributed by atoms with Crippen LogP contribution in [0.3, 0.4) is 0 Å². The van der Waals surface area contributed by atoms with Crippen molar-refractivity contribution >= 4 is 11.3 Å². The van der Waals surface area contributed by atoms with E-state index in [2.05, 4.69) is 65.8 Å². The maximum absolute atomic E-state index is 5.63. The Kier molecular flexibility index (Phi) is 5.65. The highest BCUT2D eigenvalue weighted by atomic mass is 32.1. The molecule has 4 nitrogen and oxygen atoms in total. The lowest BCUT2D eigenvalue weighted by atomic mass is 9.91. The largest absolute Gasteiger partial charge is 0.338 e. The maximum atomic E-state index is 5.63. The van der Waals surface area contributed by atoms with E-state index in [0.717, 1.165) is 11.1 Å². The molecule has 142 valence electrons. The zero-order valence-corrected chi connectivity index (χ0v) is 16.8. The molecular formula is C23H23N3OS. The smallest absolute Gasteiger partial charge is 0.240 e. The van der Waals surface area contributed by atoms with E-state index in [9.17, 15) is 0 Å². The van der Waals surface area contributed by atoms with Crippen molar-refractivity contribution in [2.24, 2.45) is 0 Å². The molecule has 0 saturated heterocycles. The lowest BCUT2D eigenvalue weighted by Crippen LogP contribution is -2.21. The van der Waals surface area contributed by atoms with Gasteiger partial charge in [-0.1, -0.05) is 71.9 Å². The van der Waals surface area contributed by atoms with Crippen molar-refractivity contribution < 1.29 is 4.52 Å². The average molecular weight is 390 g/mol. The Morgan fingerprint density at radius 3 is 2.14 bits per heavy atom. The zero-order chi connectivity index (χ0) is 19.3. The number of benzene rings is 2. The highest BCUT2D eigenvalue weighted by Crippen LogP contribution is 2.30. The first kappa shape index (κ1) is 18.6. The summed E-state index contributed by atoms with van der Waals surface area (Å²) in [7, 11) is 2.08. The molecule has 2 heterocycles. The summed E-state index contributed by atoms with van der Waals surface area (Å²) >= 11 is 1.77. The lowest BCUT2D eigenvalue weighted by molar-refractivity contribution is 0.218. The Balaban J connectivity index is 1.58. The first-order chi connectivity index (χ1) is 13.7. The molecule has 0 fully saturated rings. The molecule has 1 atom stereocenters. The summed E-state index contributed by atoms with van der Waals surface area (Å²) in [5.41, 5.74) is 2.31. The predicted octanol–water partition coefficient (Wildman–Crippen LogP) is 5.50. The normalized spacial score (nSPS) is 12.6. The topological polar surface area (TPSA) is 42.2 Å². The molecule has 0 saturated carbocycles. The second-order valence-electron chi connectivity index (χ2n) is 6.91. The van der Waals surface area contributed by atoms with Crippen LogP contribution in [-0.2, 0) is 6.54 Å². The zero-order valence-electron chi connectivity index (χ0n) is 16.0.